The molecular weight excluding hydrogens is 1070 g/mol. The van der Waals surface area contributed by atoms with Gasteiger partial charge in [-0.25, -0.2) is 0 Å². The van der Waals surface area contributed by atoms with Crippen LogP contribution in [-0.4, -0.2) is 214 Å². The molecule has 0 aliphatic carbocycles. The third-order valence-corrected chi connectivity index (χ3v) is 10.1. The van der Waals surface area contributed by atoms with E-state index < -0.39 is 135 Å². The first kappa shape index (κ1) is 61.9. The molecule has 0 saturated carbocycles. The predicted molar refractivity (Wildman–Crippen MR) is 240 cm³/mol. The van der Waals surface area contributed by atoms with E-state index in [1.165, 1.54) is 9.80 Å². The number of benzene rings is 1. The van der Waals surface area contributed by atoms with E-state index in [0.717, 1.165) is 4.90 Å². The molecule has 388 valence electrons. The van der Waals surface area contributed by atoms with E-state index in [1.54, 1.807) is 30.3 Å². The van der Waals surface area contributed by atoms with Crippen molar-refractivity contribution in [2.75, 3.05) is 78.5 Å². The van der Waals surface area contributed by atoms with Crippen LogP contribution in [0.25, 0.3) is 0 Å². The monoisotopic (exact) mass is 1130 g/mol. The number of nitrogens with two attached hydrogens (primary N) is 2. The summed E-state index contributed by atoms with van der Waals surface area (Å²) in [6.45, 7) is -4.02. The van der Waals surface area contributed by atoms with Crippen molar-refractivity contribution in [2.24, 2.45) is 16.5 Å². The molecule has 28 nitrogen and oxygen atoms in total. The summed E-state index contributed by atoms with van der Waals surface area (Å²) >= 11 is 0. The number of aliphatic carboxylic acids is 5. The topological polar surface area (TPSA) is 435 Å². The number of nitrogens with zero attached hydrogens (tertiary/aromatic N) is 4. The summed E-state index contributed by atoms with van der Waals surface area (Å²) in [5.74, 6) is -12.0. The molecule has 1 aromatic carbocycles. The minimum Gasteiger partial charge on any atom is -0.481 e. The van der Waals surface area contributed by atoms with Crippen molar-refractivity contribution in [1.82, 2.24) is 46.6 Å². The number of hydrogen-bond donors (Lipinski definition) is 13. The first-order chi connectivity index (χ1) is 32.6. The Morgan fingerprint density at radius 1 is 0.586 bits per heavy atom. The molecule has 2 rings (SSSR count). The fourth-order valence-corrected chi connectivity index (χ4v) is 6.83. The van der Waals surface area contributed by atoms with E-state index in [-0.39, 0.29) is 124 Å². The van der Waals surface area contributed by atoms with Gasteiger partial charge < -0.3 is 68.9 Å². The number of carbonyl (C=O) groups excluding carboxylic acids is 6. The fraction of sp³-hybridized carbons (Fsp3) is 0.561. The first-order valence-electron chi connectivity index (χ1n) is 21.7. The Morgan fingerprint density at radius 2 is 1.06 bits per heavy atom. The minimum absolute atomic E-state index is 0. The molecule has 70 heavy (non-hydrogen) atoms. The number of aliphatic imine (C=N–C) groups is 1. The van der Waals surface area contributed by atoms with Crippen LogP contribution in [-0.2, 0) is 59.2 Å². The number of amides is 6. The summed E-state index contributed by atoms with van der Waals surface area (Å²) in [6.07, 6.45) is -0.636. The number of rotatable bonds is 29. The summed E-state index contributed by atoms with van der Waals surface area (Å²) in [5, 5.41) is 61.6. The standard InChI is InChI=1S/C41H62N12O16.Sm/c42-41(43)45-12-6-10-26-37(66)46-19-30(54)47-29(18-32(56)57)40(69)50-28(17-25-7-2-1-3-8-25)39(68)49-27(38(67)48-26)9-4-5-11-44-31(55)20-52(22-34(60)61)15-13-51(21-33(58)59)14-16-53(23-35(62)63)24-36(64)65;/h1-3,7-8,26-29H,4-6,9-24H2,(H,44,55)(H,46,66)(H,47,54)(H,48,67)(H,49,68)(H,50,69)(H,56,57)(H,58,59)(H,60,61)(H,62,63)(H,64,65)(H4,42,43,45);/t26-,27-,28+,29-;/m0./s1/i;1+3. The smallest absolute Gasteiger partial charge is 0.317 e. The van der Waals surface area contributed by atoms with E-state index in [1.807, 2.05) is 0 Å². The number of carboxylic acid groups (broad SMARTS) is 5. The largest absolute Gasteiger partial charge is 0.481 e. The maximum absolute atomic E-state index is 14.0. The maximum Gasteiger partial charge on any atom is 0.317 e. The van der Waals surface area contributed by atoms with Gasteiger partial charge in [0.1, 0.15) is 24.2 Å². The Bertz CT molecular complexity index is 1980. The molecule has 15 N–H and O–H groups in total. The normalized spacial score (nSPS) is 17.8. The molecule has 0 aromatic heterocycles. The molecule has 4 atom stereocenters. The zero-order valence-corrected chi connectivity index (χ0v) is 40.8. The molecule has 0 unspecified atom stereocenters. The second kappa shape index (κ2) is 33.4. The Kier molecular flexibility index (Phi) is 29.5. The summed E-state index contributed by atoms with van der Waals surface area (Å²) in [4.78, 5) is 145. The molecule has 1 saturated heterocycles. The molecule has 6 amide bonds. The van der Waals surface area contributed by atoms with E-state index in [4.69, 9.17) is 21.7 Å². The zero-order chi connectivity index (χ0) is 51.5. The molecule has 0 radical (unpaired) electrons. The van der Waals surface area contributed by atoms with Crippen LogP contribution in [0, 0.1) is 40.4 Å². The van der Waals surface area contributed by atoms with Gasteiger partial charge in [0.05, 0.1) is 45.7 Å². The Morgan fingerprint density at radius 3 is 1.60 bits per heavy atom. The molecule has 0 bridgehead atoms. The van der Waals surface area contributed by atoms with Crippen molar-refractivity contribution in [3.05, 3.63) is 35.9 Å². The molecule has 1 aromatic rings. The molecule has 1 heterocycles. The van der Waals surface area contributed by atoms with E-state index in [9.17, 15) is 68.1 Å². The van der Waals surface area contributed by atoms with Gasteiger partial charge >= 0.3 is 29.8 Å². The fourth-order valence-electron chi connectivity index (χ4n) is 6.83. The number of guanidine groups is 1. The van der Waals surface area contributed by atoms with Gasteiger partial charge in [0.2, 0.25) is 35.4 Å². The summed E-state index contributed by atoms with van der Waals surface area (Å²) in [5.41, 5.74) is 11.4. The van der Waals surface area contributed by atoms with Crippen molar-refractivity contribution in [3.8, 4) is 0 Å². The number of hydrogen-bond acceptors (Lipinski definition) is 15. The van der Waals surface area contributed by atoms with Gasteiger partial charge in [-0.1, -0.05) is 30.3 Å². The SMILES string of the molecule is NC(N)=NCCC[C@@H]1NC(=O)[C@H](CCCCNC(=O)CN(CCN(CCN(CC(=O)O)CC(=O)O)CC(=O)O)CC(=O)O)NC(=O)[C@@H](Cc2ccccc2)NC(=O)[C@H](CC(=O)O)NC(=O)CNC1=O.[153Sm]. The molecule has 1 fully saturated rings. The maximum atomic E-state index is 14.0. The molecule has 1 aliphatic rings. The molecular formula is C41H62N12O16Sm. The van der Waals surface area contributed by atoms with Crippen LogP contribution in [0.2, 0.25) is 0 Å². The van der Waals surface area contributed by atoms with Crippen LogP contribution in [0.3, 0.4) is 0 Å². The molecule has 1 aliphatic heterocycles. The van der Waals surface area contributed by atoms with Crippen LogP contribution >= 0.6 is 0 Å². The third kappa shape index (κ3) is 27.2. The molecule has 0 spiro atoms. The van der Waals surface area contributed by atoms with Gasteiger partial charge in [0.15, 0.2) is 5.96 Å². The van der Waals surface area contributed by atoms with Gasteiger partial charge in [-0.15, -0.1) is 0 Å². The average Bonchev–Trinajstić information content (AvgIpc) is 3.25. The van der Waals surface area contributed by atoms with Gasteiger partial charge in [0.25, 0.3) is 0 Å². The third-order valence-electron chi connectivity index (χ3n) is 10.1. The Balaban J connectivity index is 0.0000245. The van der Waals surface area contributed by atoms with Crippen molar-refractivity contribution >= 4 is 71.2 Å². The number of unbranched alkanes of at least 4 members (excludes halogenated alkanes) is 1. The zero-order valence-electron chi connectivity index (χ0n) is 38.2. The quantitative estimate of drug-likeness (QED) is 0.0202. The van der Waals surface area contributed by atoms with Gasteiger partial charge in [-0.05, 0) is 37.7 Å². The van der Waals surface area contributed by atoms with E-state index in [2.05, 4.69) is 36.9 Å². The van der Waals surface area contributed by atoms with Crippen LogP contribution in [0.5, 0.6) is 0 Å². The van der Waals surface area contributed by atoms with Gasteiger partial charge in [-0.3, -0.25) is 72.4 Å². The number of carboxylic acids is 5. The van der Waals surface area contributed by atoms with Crippen LogP contribution in [0.15, 0.2) is 35.3 Å². The summed E-state index contributed by atoms with van der Waals surface area (Å²) in [7, 11) is 0. The number of carbonyl (C=O) groups is 11. The summed E-state index contributed by atoms with van der Waals surface area (Å²) in [6, 6.07) is 2.65. The summed E-state index contributed by atoms with van der Waals surface area (Å²) < 4.78 is 0. The van der Waals surface area contributed by atoms with Gasteiger partial charge in [-0.2, -0.15) is 0 Å². The van der Waals surface area contributed by atoms with Crippen molar-refractivity contribution in [3.63, 3.8) is 0 Å². The second-order valence-corrected chi connectivity index (χ2v) is 15.9. The Labute approximate surface area is 434 Å². The van der Waals surface area contributed by atoms with Crippen LogP contribution in [0.1, 0.15) is 44.1 Å². The van der Waals surface area contributed by atoms with Crippen LogP contribution in [0.4, 0.5) is 0 Å². The van der Waals surface area contributed by atoms with Crippen LogP contribution < -0.4 is 43.4 Å². The Hall–Kier alpha value is -6.12. The van der Waals surface area contributed by atoms with Gasteiger partial charge in [0, 0.05) is 86.1 Å². The predicted octanol–water partition coefficient (Wildman–Crippen LogP) is -5.64. The first-order valence-corrected chi connectivity index (χ1v) is 21.7. The van der Waals surface area contributed by atoms with Crippen molar-refractivity contribution in [1.29, 1.82) is 0 Å². The molecule has 29 heteroatoms. The van der Waals surface area contributed by atoms with E-state index >= 15 is 0 Å². The van der Waals surface area contributed by atoms with E-state index in [0.29, 0.717) is 5.56 Å². The van der Waals surface area contributed by atoms with Crippen molar-refractivity contribution < 1.29 is 119 Å². The number of nitrogens with one attached hydrogen (secondary N) is 6. The minimum atomic E-state index is -1.67. The second-order valence-electron chi connectivity index (χ2n) is 15.9. The van der Waals surface area contributed by atoms with Crippen molar-refractivity contribution in [2.45, 2.75) is 69.1 Å². The average molecular weight is 1130 g/mol.